The number of nitrogens with zero attached hydrogens (tertiary/aromatic N) is 2. The summed E-state index contributed by atoms with van der Waals surface area (Å²) in [6, 6.07) is 5.68. The molecular formula is C26H28Cl2FN3O7S2. The van der Waals surface area contributed by atoms with Crippen LogP contribution < -0.4 is 14.4 Å². The molecule has 1 aromatic heterocycles. The van der Waals surface area contributed by atoms with Gasteiger partial charge in [-0.3, -0.25) is 4.79 Å². The van der Waals surface area contributed by atoms with Crippen LogP contribution in [0.4, 0.5) is 15.0 Å². The smallest absolute Gasteiger partial charge is 0.430 e. The molecular weight excluding hydrogens is 620 g/mol. The second-order valence-corrected chi connectivity index (χ2v) is 13.1. The Hall–Kier alpha value is -2.97. The molecule has 1 amide bonds. The molecule has 1 atom stereocenters. The van der Waals surface area contributed by atoms with E-state index >= 15 is 4.39 Å². The molecule has 0 saturated carbocycles. The Morgan fingerprint density at radius 3 is 2.51 bits per heavy atom. The quantitative estimate of drug-likeness (QED) is 0.223. The van der Waals surface area contributed by atoms with Crippen molar-refractivity contribution in [2.24, 2.45) is 0 Å². The Labute approximate surface area is 251 Å². The number of carbonyl (C=O) groups excluding carboxylic acids is 1. The second-order valence-electron chi connectivity index (χ2n) is 9.78. The fourth-order valence-electron chi connectivity index (χ4n) is 3.46. The number of halogens is 3. The van der Waals surface area contributed by atoms with Gasteiger partial charge in [-0.1, -0.05) is 23.2 Å². The number of nitrogens with one attached hydrogen (secondary N) is 1. The number of aliphatic carboxylic acids is 1. The molecule has 1 heterocycles. The van der Waals surface area contributed by atoms with Gasteiger partial charge in [0.25, 0.3) is 10.0 Å². The van der Waals surface area contributed by atoms with Crippen LogP contribution in [0.5, 0.6) is 11.5 Å². The van der Waals surface area contributed by atoms with Crippen molar-refractivity contribution in [2.75, 3.05) is 10.8 Å². The molecule has 0 aliphatic rings. The number of ether oxygens (including phenoxy) is 2. The van der Waals surface area contributed by atoms with Gasteiger partial charge >= 0.3 is 12.1 Å². The molecule has 222 valence electrons. The van der Waals surface area contributed by atoms with Crippen LogP contribution in [-0.2, 0) is 26.0 Å². The maximum absolute atomic E-state index is 15.4. The SMILES string of the molecule is CC(NCCCc1cc(Cl)ccc1Oc1cc(F)c(S(=O)(=O)N(C(=O)OC(C)(C)C)c2cscn2)cc1Cl)C(=O)O. The second kappa shape index (κ2) is 13.3. The highest BCUT2D eigenvalue weighted by atomic mass is 35.5. The average molecular weight is 649 g/mol. The molecule has 0 spiro atoms. The molecule has 3 aromatic rings. The molecule has 3 rings (SSSR count). The number of benzene rings is 2. The summed E-state index contributed by atoms with van der Waals surface area (Å²) in [6.07, 6.45) is -0.303. The number of thiazole rings is 1. The molecule has 0 saturated heterocycles. The van der Waals surface area contributed by atoms with E-state index < -0.39 is 44.4 Å². The van der Waals surface area contributed by atoms with Crippen LogP contribution in [0.2, 0.25) is 10.0 Å². The highest BCUT2D eigenvalue weighted by molar-refractivity contribution is 7.93. The predicted molar refractivity (Wildman–Crippen MR) is 154 cm³/mol. The Balaban J connectivity index is 1.90. The zero-order valence-corrected chi connectivity index (χ0v) is 25.6. The third kappa shape index (κ3) is 8.52. The van der Waals surface area contributed by atoms with Crippen LogP contribution in [-0.4, -0.2) is 48.8 Å². The van der Waals surface area contributed by atoms with Crippen molar-refractivity contribution < 1.29 is 37.0 Å². The standard InChI is InChI=1S/C26H28Cl2FN3O7S2/c1-15(24(33)34)30-9-5-6-16-10-17(27)7-8-20(16)38-21-12-19(29)22(11-18(21)28)41(36,37)32(23-13-40-14-31-23)25(35)39-26(2,3)4/h7-8,10-15,30H,5-6,9H2,1-4H3,(H,33,34). The van der Waals surface area contributed by atoms with Crippen LogP contribution in [0.1, 0.15) is 39.7 Å². The molecule has 1 unspecified atom stereocenters. The normalized spacial score (nSPS) is 12.6. The number of sulfonamides is 1. The lowest BCUT2D eigenvalue weighted by Crippen LogP contribution is -2.41. The summed E-state index contributed by atoms with van der Waals surface area (Å²) < 4.78 is 53.8. The molecule has 2 N–H and O–H groups in total. The van der Waals surface area contributed by atoms with Gasteiger partial charge in [0.15, 0.2) is 5.82 Å². The first-order valence-corrected chi connectivity index (χ1v) is 15.3. The fraction of sp³-hybridized carbons (Fsp3) is 0.346. The van der Waals surface area contributed by atoms with Crippen LogP contribution in [0.3, 0.4) is 0 Å². The van der Waals surface area contributed by atoms with Crippen molar-refractivity contribution in [1.29, 1.82) is 0 Å². The van der Waals surface area contributed by atoms with Gasteiger partial charge in [0.1, 0.15) is 33.9 Å². The summed E-state index contributed by atoms with van der Waals surface area (Å²) in [6.45, 7) is 6.59. The minimum absolute atomic E-state index is 0.179. The maximum Gasteiger partial charge on any atom is 0.430 e. The van der Waals surface area contributed by atoms with Gasteiger partial charge in [-0.25, -0.2) is 22.6 Å². The lowest BCUT2D eigenvalue weighted by Gasteiger charge is -2.26. The Bertz CT molecular complexity index is 1510. The molecule has 0 fully saturated rings. The Kier molecular flexibility index (Phi) is 10.6. The Morgan fingerprint density at radius 2 is 1.90 bits per heavy atom. The number of carboxylic acid groups (broad SMARTS) is 1. The van der Waals surface area contributed by atoms with Crippen molar-refractivity contribution in [2.45, 2.75) is 57.1 Å². The lowest BCUT2D eigenvalue weighted by molar-refractivity contribution is -0.139. The molecule has 0 aliphatic heterocycles. The molecule has 10 nitrogen and oxygen atoms in total. The lowest BCUT2D eigenvalue weighted by atomic mass is 10.1. The van der Waals surface area contributed by atoms with Crippen molar-refractivity contribution in [3.63, 3.8) is 0 Å². The van der Waals surface area contributed by atoms with E-state index in [1.165, 1.54) is 17.8 Å². The first kappa shape index (κ1) is 32.5. The number of anilines is 1. The van der Waals surface area contributed by atoms with Crippen molar-refractivity contribution in [3.8, 4) is 11.5 Å². The van der Waals surface area contributed by atoms with Gasteiger partial charge in [0, 0.05) is 16.5 Å². The van der Waals surface area contributed by atoms with Gasteiger partial charge in [-0.15, -0.1) is 15.6 Å². The monoisotopic (exact) mass is 647 g/mol. The summed E-state index contributed by atoms with van der Waals surface area (Å²) in [4.78, 5) is 26.9. The number of aryl methyl sites for hydroxylation is 1. The number of hydrogen-bond donors (Lipinski definition) is 2. The van der Waals surface area contributed by atoms with Crippen LogP contribution in [0, 0.1) is 5.82 Å². The zero-order chi connectivity index (χ0) is 30.5. The molecule has 2 aromatic carbocycles. The van der Waals surface area contributed by atoms with Crippen molar-refractivity contribution >= 4 is 62.4 Å². The van der Waals surface area contributed by atoms with E-state index in [9.17, 15) is 18.0 Å². The highest BCUT2D eigenvalue weighted by Crippen LogP contribution is 2.37. The first-order valence-electron chi connectivity index (χ1n) is 12.2. The minimum atomic E-state index is -4.86. The van der Waals surface area contributed by atoms with Crippen LogP contribution in [0.15, 0.2) is 46.1 Å². The zero-order valence-electron chi connectivity index (χ0n) is 22.5. The summed E-state index contributed by atoms with van der Waals surface area (Å²) in [7, 11) is -4.86. The fourth-order valence-corrected chi connectivity index (χ4v) is 5.85. The third-order valence-corrected chi connectivity index (χ3v) is 8.17. The highest BCUT2D eigenvalue weighted by Gasteiger charge is 2.38. The number of rotatable bonds is 11. The molecule has 15 heteroatoms. The van der Waals surface area contributed by atoms with Gasteiger partial charge in [0.05, 0.1) is 10.5 Å². The molecule has 0 aliphatic carbocycles. The largest absolute Gasteiger partial charge is 0.480 e. The number of amides is 1. The van der Waals surface area contributed by atoms with Crippen LogP contribution in [0.25, 0.3) is 0 Å². The van der Waals surface area contributed by atoms with E-state index in [0.717, 1.165) is 23.5 Å². The summed E-state index contributed by atoms with van der Waals surface area (Å²) >= 11 is 13.5. The topological polar surface area (TPSA) is 135 Å². The van der Waals surface area contributed by atoms with E-state index in [0.29, 0.717) is 30.0 Å². The van der Waals surface area contributed by atoms with E-state index in [2.05, 4.69) is 10.3 Å². The first-order chi connectivity index (χ1) is 19.1. The number of carbonyl (C=O) groups is 2. The third-order valence-electron chi connectivity index (χ3n) is 5.38. The van der Waals surface area contributed by atoms with Gasteiger partial charge in [-0.2, -0.15) is 0 Å². The Morgan fingerprint density at radius 1 is 1.20 bits per heavy atom. The number of hydrogen-bond acceptors (Lipinski definition) is 9. The van der Waals surface area contributed by atoms with E-state index in [-0.39, 0.29) is 26.6 Å². The molecule has 41 heavy (non-hydrogen) atoms. The van der Waals surface area contributed by atoms with Gasteiger partial charge < -0.3 is 19.9 Å². The maximum atomic E-state index is 15.4. The summed E-state index contributed by atoms with van der Waals surface area (Å²) in [5.74, 6) is -2.36. The van der Waals surface area contributed by atoms with Crippen molar-refractivity contribution in [1.82, 2.24) is 10.3 Å². The van der Waals surface area contributed by atoms with Crippen molar-refractivity contribution in [3.05, 3.63) is 62.6 Å². The van der Waals surface area contributed by atoms with E-state index in [4.69, 9.17) is 37.8 Å². The van der Waals surface area contributed by atoms with Gasteiger partial charge in [0.2, 0.25) is 0 Å². The summed E-state index contributed by atoms with van der Waals surface area (Å²) in [5.41, 5.74) is 0.903. The van der Waals surface area contributed by atoms with Crippen LogP contribution >= 0.6 is 34.5 Å². The average Bonchev–Trinajstić information content (AvgIpc) is 3.37. The number of carboxylic acids is 1. The minimum Gasteiger partial charge on any atom is -0.480 e. The molecule has 0 radical (unpaired) electrons. The molecule has 0 bridgehead atoms. The number of aromatic nitrogens is 1. The van der Waals surface area contributed by atoms with E-state index in [1.807, 2.05) is 0 Å². The van der Waals surface area contributed by atoms with Gasteiger partial charge in [-0.05, 0) is 76.9 Å². The summed E-state index contributed by atoms with van der Waals surface area (Å²) in [5, 5.41) is 13.4. The predicted octanol–water partition coefficient (Wildman–Crippen LogP) is 6.51. The van der Waals surface area contributed by atoms with E-state index in [1.54, 1.807) is 39.0 Å².